The topological polar surface area (TPSA) is 96.8 Å². The van der Waals surface area contributed by atoms with Crippen LogP contribution in [-0.2, 0) is 9.05 Å². The molecule has 1 aliphatic carbocycles. The van der Waals surface area contributed by atoms with Gasteiger partial charge in [0.25, 0.3) is 0 Å². The molecule has 1 unspecified atom stereocenters. The van der Waals surface area contributed by atoms with E-state index in [2.05, 4.69) is 4.98 Å². The summed E-state index contributed by atoms with van der Waals surface area (Å²) in [5, 5.41) is 0. The van der Waals surface area contributed by atoms with Gasteiger partial charge in [0.1, 0.15) is 23.7 Å². The van der Waals surface area contributed by atoms with Gasteiger partial charge in [-0.05, 0) is 24.3 Å². The number of rotatable bonds is 5. The lowest BCUT2D eigenvalue weighted by atomic mass is 10.2. The number of aromatic nitrogens is 1. The normalized spacial score (nSPS) is 12.6. The monoisotopic (exact) mass is 320 g/mol. The van der Waals surface area contributed by atoms with Crippen LogP contribution in [0.4, 0.5) is 0 Å². The van der Waals surface area contributed by atoms with Crippen molar-refractivity contribution in [3.8, 4) is 17.2 Å². The van der Waals surface area contributed by atoms with E-state index in [0.717, 1.165) is 0 Å². The second-order valence-electron chi connectivity index (χ2n) is 4.27. The van der Waals surface area contributed by atoms with Crippen molar-refractivity contribution in [3.63, 3.8) is 0 Å². The molecular weight excluding hydrogens is 307 g/mol. The molecule has 7 nitrogen and oxygen atoms in total. The Morgan fingerprint density at radius 3 is 2.91 bits per heavy atom. The first-order valence-corrected chi connectivity index (χ1v) is 7.49. The van der Waals surface area contributed by atoms with E-state index in [9.17, 15) is 4.79 Å². The maximum absolute atomic E-state index is 11.4. The summed E-state index contributed by atoms with van der Waals surface area (Å²) < 4.78 is 21.4. The summed E-state index contributed by atoms with van der Waals surface area (Å²) in [6.07, 6.45) is 0. The number of benzene rings is 2. The molecule has 1 aliphatic heterocycles. The van der Waals surface area contributed by atoms with Gasteiger partial charge in [0.2, 0.25) is 0 Å². The van der Waals surface area contributed by atoms with Crippen LogP contribution >= 0.6 is 8.60 Å². The van der Waals surface area contributed by atoms with Crippen LogP contribution in [0.25, 0.3) is 22.6 Å². The summed E-state index contributed by atoms with van der Waals surface area (Å²) >= 11 is 0. The highest BCUT2D eigenvalue weighted by atomic mass is 31.2. The minimum atomic E-state index is -1.57. The van der Waals surface area contributed by atoms with E-state index in [1.165, 1.54) is 19.2 Å². The molecule has 2 aliphatic rings. The van der Waals surface area contributed by atoms with Crippen LogP contribution in [0.15, 0.2) is 45.6 Å². The van der Waals surface area contributed by atoms with Crippen molar-refractivity contribution < 1.29 is 18.0 Å². The van der Waals surface area contributed by atoms with E-state index in [1.54, 1.807) is 24.3 Å². The minimum Gasteiger partial charge on any atom is -0.453 e. The van der Waals surface area contributed by atoms with Gasteiger partial charge < -0.3 is 19.2 Å². The molecule has 0 amide bonds. The molecule has 114 valence electrons. The van der Waals surface area contributed by atoms with Crippen LogP contribution in [0.1, 0.15) is 0 Å². The molecule has 0 radical (unpaired) electrons. The first kappa shape index (κ1) is 14.9. The Bertz CT molecular complexity index is 822. The van der Waals surface area contributed by atoms with Gasteiger partial charge in [0.05, 0.1) is 0 Å². The Morgan fingerprint density at radius 2 is 2.14 bits per heavy atom. The average molecular weight is 320 g/mol. The van der Waals surface area contributed by atoms with Gasteiger partial charge in [-0.1, -0.05) is 0 Å². The van der Waals surface area contributed by atoms with E-state index >= 15 is 0 Å². The van der Waals surface area contributed by atoms with Gasteiger partial charge in [-0.25, -0.2) is 4.98 Å². The lowest BCUT2D eigenvalue weighted by Crippen LogP contribution is -2.04. The lowest BCUT2D eigenvalue weighted by Gasteiger charge is -2.14. The van der Waals surface area contributed by atoms with Crippen molar-refractivity contribution in [2.75, 3.05) is 13.8 Å². The third-order valence-electron chi connectivity index (χ3n) is 2.83. The highest BCUT2D eigenvalue weighted by Crippen LogP contribution is 2.40. The van der Waals surface area contributed by atoms with Gasteiger partial charge in [-0.3, -0.25) is 9.32 Å². The maximum atomic E-state index is 11.4. The largest absolute Gasteiger partial charge is 0.453 e. The molecule has 0 saturated heterocycles. The van der Waals surface area contributed by atoms with Crippen molar-refractivity contribution in [1.29, 1.82) is 0 Å². The molecule has 1 aromatic carbocycles. The SMILES string of the molecule is COP(OCN)Oc1ccc2nc3ccc(=O)cc-3oc2c1. The highest BCUT2D eigenvalue weighted by Gasteiger charge is 2.14. The molecule has 1 atom stereocenters. The molecule has 0 spiro atoms. The summed E-state index contributed by atoms with van der Waals surface area (Å²) in [5.74, 6) is 0.918. The van der Waals surface area contributed by atoms with E-state index in [4.69, 9.17) is 23.7 Å². The molecule has 0 fully saturated rings. The molecule has 8 heteroatoms. The van der Waals surface area contributed by atoms with Crippen LogP contribution in [-0.4, -0.2) is 18.8 Å². The second kappa shape index (κ2) is 6.37. The Kier molecular flexibility index (Phi) is 4.31. The van der Waals surface area contributed by atoms with Gasteiger partial charge in [-0.2, -0.15) is 0 Å². The highest BCUT2D eigenvalue weighted by molar-refractivity contribution is 7.42. The fourth-order valence-corrected chi connectivity index (χ4v) is 2.55. The van der Waals surface area contributed by atoms with Gasteiger partial charge in [-0.15, -0.1) is 0 Å². The van der Waals surface area contributed by atoms with E-state index in [0.29, 0.717) is 28.3 Å². The number of nitrogens with two attached hydrogens (primary N) is 1. The minimum absolute atomic E-state index is 0.00400. The van der Waals surface area contributed by atoms with E-state index < -0.39 is 8.60 Å². The first-order valence-electron chi connectivity index (χ1n) is 6.39. The van der Waals surface area contributed by atoms with Gasteiger partial charge in [0, 0.05) is 19.2 Å². The summed E-state index contributed by atoms with van der Waals surface area (Å²) in [6.45, 7) is -0.00400. The summed E-state index contributed by atoms with van der Waals surface area (Å²) in [5.41, 5.74) is 6.93. The van der Waals surface area contributed by atoms with Crippen molar-refractivity contribution in [2.45, 2.75) is 0 Å². The van der Waals surface area contributed by atoms with Crippen LogP contribution in [0.2, 0.25) is 0 Å². The fraction of sp³-hybridized carbons (Fsp3) is 0.143. The Hall–Kier alpha value is -2.05. The molecule has 1 heterocycles. The molecule has 2 N–H and O–H groups in total. The molecule has 0 bridgehead atoms. The van der Waals surface area contributed by atoms with Crippen molar-refractivity contribution in [3.05, 3.63) is 46.6 Å². The number of fused-ring (bicyclic) bond motifs is 2. The van der Waals surface area contributed by atoms with Crippen molar-refractivity contribution in [2.24, 2.45) is 5.73 Å². The van der Waals surface area contributed by atoms with Crippen LogP contribution in [0.3, 0.4) is 0 Å². The summed E-state index contributed by atoms with van der Waals surface area (Å²) in [7, 11) is -0.0971. The molecule has 22 heavy (non-hydrogen) atoms. The summed E-state index contributed by atoms with van der Waals surface area (Å²) in [4.78, 5) is 15.8. The van der Waals surface area contributed by atoms with E-state index in [-0.39, 0.29) is 12.2 Å². The average Bonchev–Trinajstić information content (AvgIpc) is 2.52. The summed E-state index contributed by atoms with van der Waals surface area (Å²) in [6, 6.07) is 9.62. The zero-order valence-electron chi connectivity index (χ0n) is 11.7. The van der Waals surface area contributed by atoms with E-state index in [1.807, 2.05) is 0 Å². The Balaban J connectivity index is 2.00. The predicted molar refractivity (Wildman–Crippen MR) is 81.6 cm³/mol. The Labute approximate surface area is 127 Å². The quantitative estimate of drug-likeness (QED) is 0.438. The molecule has 0 saturated carbocycles. The third kappa shape index (κ3) is 3.08. The van der Waals surface area contributed by atoms with Crippen molar-refractivity contribution >= 4 is 19.7 Å². The Morgan fingerprint density at radius 1 is 1.27 bits per heavy atom. The number of hydrogen-bond acceptors (Lipinski definition) is 7. The van der Waals surface area contributed by atoms with Crippen LogP contribution in [0, 0.1) is 0 Å². The zero-order chi connectivity index (χ0) is 15.5. The molecule has 0 aromatic heterocycles. The van der Waals surface area contributed by atoms with Gasteiger partial charge in [0.15, 0.2) is 16.8 Å². The second-order valence-corrected chi connectivity index (χ2v) is 5.52. The van der Waals surface area contributed by atoms with Crippen molar-refractivity contribution in [1.82, 2.24) is 4.98 Å². The predicted octanol–water partition coefficient (Wildman–Crippen LogP) is 2.48. The number of hydrogen-bond donors (Lipinski definition) is 1. The maximum Gasteiger partial charge on any atom is 0.398 e. The third-order valence-corrected chi connectivity index (χ3v) is 3.85. The van der Waals surface area contributed by atoms with Crippen LogP contribution < -0.4 is 15.7 Å². The number of nitrogens with zero attached hydrogens (tertiary/aromatic N) is 1. The lowest BCUT2D eigenvalue weighted by molar-refractivity contribution is 0.240. The zero-order valence-corrected chi connectivity index (χ0v) is 12.6. The standard InChI is InChI=1S/C14H13N2O5P/c1-18-22(19-8-15)21-10-3-5-12-14(7-10)20-13-6-9(17)2-4-11(13)16-12/h2-7H,8,15H2,1H3. The molecular formula is C14H13N2O5P. The smallest absolute Gasteiger partial charge is 0.398 e. The fourth-order valence-electron chi connectivity index (χ4n) is 1.91. The van der Waals surface area contributed by atoms with Gasteiger partial charge >= 0.3 is 8.60 Å². The first-order chi connectivity index (χ1) is 10.7. The van der Waals surface area contributed by atoms with Crippen LogP contribution in [0.5, 0.6) is 5.75 Å². The molecule has 3 rings (SSSR count). The molecule has 1 aromatic rings.